The molecule has 2 fully saturated rings. The van der Waals surface area contributed by atoms with Gasteiger partial charge in [0.15, 0.2) is 0 Å². The van der Waals surface area contributed by atoms with E-state index in [0.29, 0.717) is 6.61 Å². The highest BCUT2D eigenvalue weighted by Gasteiger charge is 2.40. The van der Waals surface area contributed by atoms with Gasteiger partial charge in [-0.05, 0) is 18.3 Å². The molecule has 114 valence electrons. The lowest BCUT2D eigenvalue weighted by molar-refractivity contribution is -0.142. The van der Waals surface area contributed by atoms with Gasteiger partial charge in [0, 0.05) is 20.1 Å². The number of nitrogens with zero attached hydrogens (tertiary/aromatic N) is 2. The predicted molar refractivity (Wildman–Crippen MR) is 73.5 cm³/mol. The summed E-state index contributed by atoms with van der Waals surface area (Å²) in [5.74, 6) is -1.52. The van der Waals surface area contributed by atoms with Crippen LogP contribution in [-0.2, 0) is 9.53 Å². The van der Waals surface area contributed by atoms with Gasteiger partial charge in [0.25, 0.3) is 0 Å². The summed E-state index contributed by atoms with van der Waals surface area (Å²) in [6, 6.07) is -0.454. The van der Waals surface area contributed by atoms with Gasteiger partial charge < -0.3 is 19.6 Å². The molecule has 6 heteroatoms. The molecule has 2 aliphatic rings. The van der Waals surface area contributed by atoms with E-state index in [1.54, 1.807) is 11.9 Å². The van der Waals surface area contributed by atoms with Crippen molar-refractivity contribution in [1.29, 1.82) is 0 Å². The van der Waals surface area contributed by atoms with E-state index in [9.17, 15) is 14.7 Å². The van der Waals surface area contributed by atoms with E-state index in [2.05, 4.69) is 13.8 Å². The van der Waals surface area contributed by atoms with Crippen LogP contribution in [0.5, 0.6) is 0 Å². The SMILES string of the molecule is CN(C(=O)N1CCCC(C)(C)C1)C1COCC1C(=O)O. The van der Waals surface area contributed by atoms with Crippen molar-refractivity contribution in [2.45, 2.75) is 32.7 Å². The number of ether oxygens (including phenoxy) is 1. The van der Waals surface area contributed by atoms with E-state index in [0.717, 1.165) is 25.9 Å². The molecule has 6 nitrogen and oxygen atoms in total. The quantitative estimate of drug-likeness (QED) is 0.828. The normalized spacial score (nSPS) is 29.2. The summed E-state index contributed by atoms with van der Waals surface area (Å²) in [6.07, 6.45) is 2.11. The van der Waals surface area contributed by atoms with E-state index in [1.165, 1.54) is 0 Å². The molecule has 20 heavy (non-hydrogen) atoms. The number of hydrogen-bond donors (Lipinski definition) is 1. The molecule has 0 aromatic rings. The summed E-state index contributed by atoms with van der Waals surface area (Å²) in [5, 5.41) is 9.18. The number of urea groups is 1. The van der Waals surface area contributed by atoms with Crippen molar-refractivity contribution in [2.75, 3.05) is 33.4 Å². The minimum absolute atomic E-state index is 0.0838. The Morgan fingerprint density at radius 3 is 2.65 bits per heavy atom. The van der Waals surface area contributed by atoms with Crippen LogP contribution in [0.2, 0.25) is 0 Å². The molecule has 0 spiro atoms. The van der Waals surface area contributed by atoms with Gasteiger partial charge >= 0.3 is 12.0 Å². The summed E-state index contributed by atoms with van der Waals surface area (Å²) in [6.45, 7) is 6.27. The Morgan fingerprint density at radius 1 is 1.35 bits per heavy atom. The number of amides is 2. The first-order chi connectivity index (χ1) is 9.32. The molecular formula is C14H24N2O4. The van der Waals surface area contributed by atoms with Crippen LogP contribution in [0, 0.1) is 11.3 Å². The second-order valence-corrected chi connectivity index (χ2v) is 6.63. The number of rotatable bonds is 2. The molecule has 2 saturated heterocycles. The Morgan fingerprint density at radius 2 is 2.05 bits per heavy atom. The molecule has 0 radical (unpaired) electrons. The fourth-order valence-electron chi connectivity index (χ4n) is 3.11. The van der Waals surface area contributed by atoms with E-state index in [4.69, 9.17) is 4.74 Å². The van der Waals surface area contributed by atoms with Crippen LogP contribution < -0.4 is 0 Å². The second kappa shape index (κ2) is 5.60. The first kappa shape index (κ1) is 15.1. The number of carboxylic acids is 1. The molecule has 2 amide bonds. The Labute approximate surface area is 119 Å². The van der Waals surface area contributed by atoms with Crippen LogP contribution >= 0.6 is 0 Å². The van der Waals surface area contributed by atoms with Crippen LogP contribution in [0.1, 0.15) is 26.7 Å². The lowest BCUT2D eigenvalue weighted by Crippen LogP contribution is -2.53. The third kappa shape index (κ3) is 3.06. The van der Waals surface area contributed by atoms with Crippen molar-refractivity contribution in [3.63, 3.8) is 0 Å². The highest BCUT2D eigenvalue weighted by atomic mass is 16.5. The average Bonchev–Trinajstić information content (AvgIpc) is 2.85. The number of likely N-dealkylation sites (tertiary alicyclic amines) is 1. The molecule has 2 heterocycles. The van der Waals surface area contributed by atoms with Gasteiger partial charge in [-0.15, -0.1) is 0 Å². The third-order valence-electron chi connectivity index (χ3n) is 4.34. The van der Waals surface area contributed by atoms with Gasteiger partial charge in [-0.1, -0.05) is 13.8 Å². The molecule has 2 aliphatic heterocycles. The Kier molecular flexibility index (Phi) is 4.22. The minimum Gasteiger partial charge on any atom is -0.481 e. The van der Waals surface area contributed by atoms with E-state index in [-0.39, 0.29) is 24.1 Å². The number of carbonyl (C=O) groups excluding carboxylic acids is 1. The Bertz CT molecular complexity index is 397. The van der Waals surface area contributed by atoms with Crippen molar-refractivity contribution in [1.82, 2.24) is 9.80 Å². The van der Waals surface area contributed by atoms with Crippen molar-refractivity contribution in [3.05, 3.63) is 0 Å². The van der Waals surface area contributed by atoms with Gasteiger partial charge in [-0.3, -0.25) is 4.79 Å². The van der Waals surface area contributed by atoms with Crippen LogP contribution in [-0.4, -0.2) is 66.3 Å². The molecule has 0 bridgehead atoms. The average molecular weight is 284 g/mol. The highest BCUT2D eigenvalue weighted by molar-refractivity contribution is 5.77. The zero-order chi connectivity index (χ0) is 14.9. The number of hydrogen-bond acceptors (Lipinski definition) is 3. The van der Waals surface area contributed by atoms with E-state index < -0.39 is 11.9 Å². The van der Waals surface area contributed by atoms with Crippen LogP contribution in [0.3, 0.4) is 0 Å². The van der Waals surface area contributed by atoms with Crippen molar-refractivity contribution >= 4 is 12.0 Å². The maximum atomic E-state index is 12.5. The van der Waals surface area contributed by atoms with Gasteiger partial charge in [-0.25, -0.2) is 4.79 Å². The monoisotopic (exact) mass is 284 g/mol. The lowest BCUT2D eigenvalue weighted by atomic mass is 9.84. The molecule has 0 saturated carbocycles. The molecule has 0 aromatic carbocycles. The summed E-state index contributed by atoms with van der Waals surface area (Å²) in [5.41, 5.74) is 0.132. The lowest BCUT2D eigenvalue weighted by Gasteiger charge is -2.41. The van der Waals surface area contributed by atoms with Crippen LogP contribution in [0.25, 0.3) is 0 Å². The Balaban J connectivity index is 2.03. The zero-order valence-electron chi connectivity index (χ0n) is 12.5. The highest BCUT2D eigenvalue weighted by Crippen LogP contribution is 2.29. The minimum atomic E-state index is -0.897. The van der Waals surface area contributed by atoms with Crippen molar-refractivity contribution in [2.24, 2.45) is 11.3 Å². The zero-order valence-corrected chi connectivity index (χ0v) is 12.5. The second-order valence-electron chi connectivity index (χ2n) is 6.63. The maximum absolute atomic E-state index is 12.5. The fraction of sp³-hybridized carbons (Fsp3) is 0.857. The smallest absolute Gasteiger partial charge is 0.320 e. The maximum Gasteiger partial charge on any atom is 0.320 e. The number of piperidine rings is 1. The van der Waals surface area contributed by atoms with E-state index >= 15 is 0 Å². The first-order valence-electron chi connectivity index (χ1n) is 7.14. The van der Waals surface area contributed by atoms with Gasteiger partial charge in [0.2, 0.25) is 0 Å². The van der Waals surface area contributed by atoms with Crippen LogP contribution in [0.4, 0.5) is 4.79 Å². The summed E-state index contributed by atoms with van der Waals surface area (Å²) in [4.78, 5) is 27.1. The molecular weight excluding hydrogens is 260 g/mol. The van der Waals surface area contributed by atoms with Crippen molar-refractivity contribution in [3.8, 4) is 0 Å². The number of carboxylic acid groups (broad SMARTS) is 1. The standard InChI is InChI=1S/C14H24N2O4/c1-14(2)5-4-6-16(9-14)13(19)15(3)11-8-20-7-10(11)12(17)18/h10-11H,4-9H2,1-3H3,(H,17,18). The summed E-state index contributed by atoms with van der Waals surface area (Å²) >= 11 is 0. The predicted octanol–water partition coefficient (Wildman–Crippen LogP) is 1.26. The van der Waals surface area contributed by atoms with Gasteiger partial charge in [0.05, 0.1) is 19.3 Å². The summed E-state index contributed by atoms with van der Waals surface area (Å²) in [7, 11) is 1.68. The molecule has 1 N–H and O–H groups in total. The molecule has 2 unspecified atom stereocenters. The number of carbonyl (C=O) groups is 2. The third-order valence-corrected chi connectivity index (χ3v) is 4.34. The molecule has 0 aliphatic carbocycles. The summed E-state index contributed by atoms with van der Waals surface area (Å²) < 4.78 is 5.24. The Hall–Kier alpha value is -1.30. The molecule has 0 aromatic heterocycles. The van der Waals surface area contributed by atoms with Gasteiger partial charge in [-0.2, -0.15) is 0 Å². The number of likely N-dealkylation sites (N-methyl/N-ethyl adjacent to an activating group) is 1. The topological polar surface area (TPSA) is 70.1 Å². The first-order valence-corrected chi connectivity index (χ1v) is 7.14. The molecule has 2 atom stereocenters. The fourth-order valence-corrected chi connectivity index (χ4v) is 3.11. The molecule has 2 rings (SSSR count). The van der Waals surface area contributed by atoms with E-state index in [1.807, 2.05) is 4.90 Å². The largest absolute Gasteiger partial charge is 0.481 e. The van der Waals surface area contributed by atoms with Crippen LogP contribution in [0.15, 0.2) is 0 Å². The van der Waals surface area contributed by atoms with Gasteiger partial charge in [0.1, 0.15) is 5.92 Å². The van der Waals surface area contributed by atoms with Crippen molar-refractivity contribution < 1.29 is 19.4 Å². The number of aliphatic carboxylic acids is 1.